The van der Waals surface area contributed by atoms with Crippen LogP contribution < -0.4 is 5.73 Å². The minimum atomic E-state index is -0.748. The zero-order valence-electron chi connectivity index (χ0n) is 5.67. The lowest BCUT2D eigenvalue weighted by molar-refractivity contribution is -0.137. The van der Waals surface area contributed by atoms with Gasteiger partial charge in [0.1, 0.15) is 0 Å². The van der Waals surface area contributed by atoms with E-state index in [-0.39, 0.29) is 12.0 Å². The molecule has 0 bridgehead atoms. The predicted octanol–water partition coefficient (Wildman–Crippen LogP) is 0.296. The van der Waals surface area contributed by atoms with Gasteiger partial charge in [0, 0.05) is 23.5 Å². The summed E-state index contributed by atoms with van der Waals surface area (Å²) in [5.41, 5.74) is 5.60. The molecule has 1 fully saturated rings. The number of hydrogen-bond acceptors (Lipinski definition) is 3. The summed E-state index contributed by atoms with van der Waals surface area (Å²) in [5, 5.41) is 8.33. The highest BCUT2D eigenvalue weighted by molar-refractivity contribution is 8.00. The first kappa shape index (κ1) is 7.88. The highest BCUT2D eigenvalue weighted by atomic mass is 32.2. The summed E-state index contributed by atoms with van der Waals surface area (Å²) in [6.45, 7) is 0. The van der Waals surface area contributed by atoms with Crippen molar-refractivity contribution >= 4 is 17.7 Å². The van der Waals surface area contributed by atoms with Crippen molar-refractivity contribution in [2.24, 2.45) is 5.73 Å². The van der Waals surface area contributed by atoms with Crippen molar-refractivity contribution in [2.75, 3.05) is 11.5 Å². The number of aliphatic carboxylic acids is 1. The Labute approximate surface area is 64.0 Å². The predicted molar refractivity (Wildman–Crippen MR) is 41.1 cm³/mol. The SMILES string of the molecule is NC1(CCC(=O)O)CSC1. The van der Waals surface area contributed by atoms with Crippen molar-refractivity contribution < 1.29 is 9.90 Å². The molecule has 1 aliphatic rings. The Morgan fingerprint density at radius 1 is 1.70 bits per heavy atom. The van der Waals surface area contributed by atoms with Crippen LogP contribution in [0.1, 0.15) is 12.8 Å². The summed E-state index contributed by atoms with van der Waals surface area (Å²) in [5.74, 6) is 1.09. The van der Waals surface area contributed by atoms with Crippen LogP contribution >= 0.6 is 11.8 Å². The minimum absolute atomic E-state index is 0.164. The van der Waals surface area contributed by atoms with Gasteiger partial charge in [-0.05, 0) is 6.42 Å². The molecular formula is C6H11NO2S. The molecule has 1 heterocycles. The quantitative estimate of drug-likeness (QED) is 0.624. The van der Waals surface area contributed by atoms with Gasteiger partial charge in [0.05, 0.1) is 0 Å². The molecule has 1 aliphatic heterocycles. The average Bonchev–Trinajstić information content (AvgIpc) is 1.79. The Hall–Kier alpha value is -0.220. The van der Waals surface area contributed by atoms with Crippen molar-refractivity contribution in [1.29, 1.82) is 0 Å². The molecule has 10 heavy (non-hydrogen) atoms. The van der Waals surface area contributed by atoms with Crippen LogP contribution in [0.4, 0.5) is 0 Å². The summed E-state index contributed by atoms with van der Waals surface area (Å²) in [6, 6.07) is 0. The van der Waals surface area contributed by atoms with E-state index in [1.54, 1.807) is 11.8 Å². The van der Waals surface area contributed by atoms with Gasteiger partial charge in [0.2, 0.25) is 0 Å². The van der Waals surface area contributed by atoms with E-state index >= 15 is 0 Å². The summed E-state index contributed by atoms with van der Waals surface area (Å²) in [6.07, 6.45) is 0.826. The van der Waals surface area contributed by atoms with Gasteiger partial charge in [-0.1, -0.05) is 0 Å². The van der Waals surface area contributed by atoms with Crippen LogP contribution in [0, 0.1) is 0 Å². The molecule has 0 aromatic heterocycles. The molecule has 0 saturated carbocycles. The molecule has 0 unspecified atom stereocenters. The number of thioether (sulfide) groups is 1. The van der Waals surface area contributed by atoms with Crippen LogP contribution in [0.15, 0.2) is 0 Å². The number of nitrogens with two attached hydrogens (primary N) is 1. The Morgan fingerprint density at radius 2 is 2.30 bits per heavy atom. The molecule has 0 radical (unpaired) electrons. The molecule has 58 valence electrons. The lowest BCUT2D eigenvalue weighted by Crippen LogP contribution is -2.52. The number of carboxylic acid groups (broad SMARTS) is 1. The molecule has 0 amide bonds. The van der Waals surface area contributed by atoms with Crippen LogP contribution in [-0.2, 0) is 4.79 Å². The van der Waals surface area contributed by atoms with Crippen LogP contribution in [-0.4, -0.2) is 28.1 Å². The van der Waals surface area contributed by atoms with Crippen molar-refractivity contribution in [1.82, 2.24) is 0 Å². The van der Waals surface area contributed by atoms with E-state index in [1.807, 2.05) is 0 Å². The zero-order chi connectivity index (χ0) is 7.61. The maximum atomic E-state index is 10.1. The molecule has 1 rings (SSSR count). The van der Waals surface area contributed by atoms with Crippen molar-refractivity contribution in [2.45, 2.75) is 18.4 Å². The lowest BCUT2D eigenvalue weighted by atomic mass is 9.99. The average molecular weight is 161 g/mol. The Balaban J connectivity index is 2.18. The summed E-state index contributed by atoms with van der Waals surface area (Å²) >= 11 is 1.78. The van der Waals surface area contributed by atoms with E-state index in [4.69, 9.17) is 10.8 Å². The van der Waals surface area contributed by atoms with Gasteiger partial charge in [-0.3, -0.25) is 4.79 Å². The first-order valence-electron chi connectivity index (χ1n) is 3.21. The molecule has 0 aliphatic carbocycles. The molecule has 3 N–H and O–H groups in total. The fraction of sp³-hybridized carbons (Fsp3) is 0.833. The van der Waals surface area contributed by atoms with Gasteiger partial charge < -0.3 is 10.8 Å². The van der Waals surface area contributed by atoms with Gasteiger partial charge in [-0.2, -0.15) is 11.8 Å². The van der Waals surface area contributed by atoms with Gasteiger partial charge in [0.25, 0.3) is 0 Å². The summed E-state index contributed by atoms with van der Waals surface area (Å²) < 4.78 is 0. The second-order valence-electron chi connectivity index (χ2n) is 2.75. The van der Waals surface area contributed by atoms with E-state index in [9.17, 15) is 4.79 Å². The van der Waals surface area contributed by atoms with Crippen molar-refractivity contribution in [3.63, 3.8) is 0 Å². The molecule has 0 atom stereocenters. The van der Waals surface area contributed by atoms with E-state index in [0.717, 1.165) is 11.5 Å². The first-order chi connectivity index (χ1) is 4.62. The Morgan fingerprint density at radius 3 is 2.60 bits per heavy atom. The first-order valence-corrected chi connectivity index (χ1v) is 4.36. The highest BCUT2D eigenvalue weighted by Gasteiger charge is 2.33. The van der Waals surface area contributed by atoms with Crippen LogP contribution in [0.2, 0.25) is 0 Å². The smallest absolute Gasteiger partial charge is 0.303 e. The van der Waals surface area contributed by atoms with Crippen molar-refractivity contribution in [3.05, 3.63) is 0 Å². The maximum absolute atomic E-state index is 10.1. The van der Waals surface area contributed by atoms with Crippen LogP contribution in [0.3, 0.4) is 0 Å². The number of carbonyl (C=O) groups is 1. The maximum Gasteiger partial charge on any atom is 0.303 e. The minimum Gasteiger partial charge on any atom is -0.481 e. The molecule has 4 heteroatoms. The van der Waals surface area contributed by atoms with E-state index in [2.05, 4.69) is 0 Å². The van der Waals surface area contributed by atoms with E-state index in [0.29, 0.717) is 6.42 Å². The van der Waals surface area contributed by atoms with Crippen molar-refractivity contribution in [3.8, 4) is 0 Å². The third-order valence-electron chi connectivity index (χ3n) is 1.62. The molecule has 0 spiro atoms. The standard InChI is InChI=1S/C6H11NO2S/c7-6(3-10-4-6)2-1-5(8)9/h1-4,7H2,(H,8,9). The molecule has 0 aromatic rings. The lowest BCUT2D eigenvalue weighted by Gasteiger charge is -2.36. The largest absolute Gasteiger partial charge is 0.481 e. The van der Waals surface area contributed by atoms with Gasteiger partial charge in [0.15, 0.2) is 0 Å². The number of rotatable bonds is 3. The number of carboxylic acids is 1. The van der Waals surface area contributed by atoms with Gasteiger partial charge in [-0.25, -0.2) is 0 Å². The van der Waals surface area contributed by atoms with Gasteiger partial charge in [-0.15, -0.1) is 0 Å². The zero-order valence-corrected chi connectivity index (χ0v) is 6.49. The summed E-state index contributed by atoms with van der Waals surface area (Å²) in [4.78, 5) is 10.1. The number of hydrogen-bond donors (Lipinski definition) is 2. The third-order valence-corrected chi connectivity index (χ3v) is 3.17. The fourth-order valence-corrected chi connectivity index (χ4v) is 1.88. The summed E-state index contributed by atoms with van der Waals surface area (Å²) in [7, 11) is 0. The van der Waals surface area contributed by atoms with Gasteiger partial charge >= 0.3 is 5.97 Å². The highest BCUT2D eigenvalue weighted by Crippen LogP contribution is 2.30. The second kappa shape index (κ2) is 2.80. The topological polar surface area (TPSA) is 63.3 Å². The van der Waals surface area contributed by atoms with E-state index < -0.39 is 5.97 Å². The monoisotopic (exact) mass is 161 g/mol. The molecule has 0 aromatic carbocycles. The van der Waals surface area contributed by atoms with Crippen LogP contribution in [0.5, 0.6) is 0 Å². The Bertz CT molecular complexity index is 145. The molecule has 1 saturated heterocycles. The Kier molecular flexibility index (Phi) is 2.21. The fourth-order valence-electron chi connectivity index (χ4n) is 0.864. The van der Waals surface area contributed by atoms with Crippen LogP contribution in [0.25, 0.3) is 0 Å². The normalized spacial score (nSPS) is 21.7. The molecular weight excluding hydrogens is 150 g/mol. The molecule has 3 nitrogen and oxygen atoms in total. The second-order valence-corrected chi connectivity index (χ2v) is 3.73. The third kappa shape index (κ3) is 1.88. The van der Waals surface area contributed by atoms with E-state index in [1.165, 1.54) is 0 Å².